The Kier molecular flexibility index (Phi) is 4.74. The van der Waals surface area contributed by atoms with Gasteiger partial charge in [-0.1, -0.05) is 56.5 Å². The van der Waals surface area contributed by atoms with Crippen LogP contribution in [0.1, 0.15) is 50.6 Å². The maximum absolute atomic E-state index is 3.76. The molecule has 1 aromatic carbocycles. The van der Waals surface area contributed by atoms with Gasteiger partial charge >= 0.3 is 0 Å². The first-order chi connectivity index (χ1) is 9.86. The third kappa shape index (κ3) is 3.62. The first kappa shape index (κ1) is 14.1. The van der Waals surface area contributed by atoms with E-state index in [1.54, 1.807) is 0 Å². The standard InChI is InChI=1S/C18H28N2/c1-2-6-17-14-20(12-11-15-9-10-15)18(13-19-17)16-7-4-3-5-8-16/h3-5,7-8,15,17-19H,2,6,9-14H2,1H3. The largest absolute Gasteiger partial charge is 0.311 e. The van der Waals surface area contributed by atoms with Crippen LogP contribution in [0.2, 0.25) is 0 Å². The fourth-order valence-corrected chi connectivity index (χ4v) is 3.43. The van der Waals surface area contributed by atoms with Crippen LogP contribution in [-0.2, 0) is 0 Å². The lowest BCUT2D eigenvalue weighted by molar-refractivity contribution is 0.123. The van der Waals surface area contributed by atoms with Crippen molar-refractivity contribution in [2.24, 2.45) is 5.92 Å². The molecule has 1 aliphatic carbocycles. The van der Waals surface area contributed by atoms with Crippen LogP contribution >= 0.6 is 0 Å². The molecule has 2 aliphatic rings. The lowest BCUT2D eigenvalue weighted by Gasteiger charge is -2.41. The third-order valence-electron chi connectivity index (χ3n) is 4.84. The van der Waals surface area contributed by atoms with Crippen molar-refractivity contribution in [3.63, 3.8) is 0 Å². The number of rotatable bonds is 6. The second-order valence-electron chi connectivity index (χ2n) is 6.55. The molecule has 0 bridgehead atoms. The van der Waals surface area contributed by atoms with Gasteiger partial charge in [-0.15, -0.1) is 0 Å². The van der Waals surface area contributed by atoms with E-state index in [-0.39, 0.29) is 0 Å². The van der Waals surface area contributed by atoms with Crippen LogP contribution in [0.15, 0.2) is 30.3 Å². The summed E-state index contributed by atoms with van der Waals surface area (Å²) >= 11 is 0. The summed E-state index contributed by atoms with van der Waals surface area (Å²) in [5.41, 5.74) is 1.48. The molecule has 0 aromatic heterocycles. The van der Waals surface area contributed by atoms with E-state index < -0.39 is 0 Å². The van der Waals surface area contributed by atoms with Crippen molar-refractivity contribution >= 4 is 0 Å². The fourth-order valence-electron chi connectivity index (χ4n) is 3.43. The summed E-state index contributed by atoms with van der Waals surface area (Å²) < 4.78 is 0. The summed E-state index contributed by atoms with van der Waals surface area (Å²) in [6.45, 7) is 5.91. The monoisotopic (exact) mass is 272 g/mol. The van der Waals surface area contributed by atoms with Gasteiger partial charge in [0.05, 0.1) is 0 Å². The van der Waals surface area contributed by atoms with Gasteiger partial charge in [0.2, 0.25) is 0 Å². The molecule has 1 aliphatic heterocycles. The summed E-state index contributed by atoms with van der Waals surface area (Å²) in [4.78, 5) is 2.74. The molecule has 20 heavy (non-hydrogen) atoms. The molecule has 1 aromatic rings. The van der Waals surface area contributed by atoms with E-state index in [1.165, 1.54) is 50.8 Å². The fraction of sp³-hybridized carbons (Fsp3) is 0.667. The molecule has 0 amide bonds. The summed E-state index contributed by atoms with van der Waals surface area (Å²) in [5, 5.41) is 3.76. The van der Waals surface area contributed by atoms with Crippen LogP contribution < -0.4 is 5.32 Å². The second-order valence-corrected chi connectivity index (χ2v) is 6.55. The first-order valence-electron chi connectivity index (χ1n) is 8.39. The summed E-state index contributed by atoms with van der Waals surface area (Å²) in [5.74, 6) is 1.03. The van der Waals surface area contributed by atoms with Crippen molar-refractivity contribution in [2.75, 3.05) is 19.6 Å². The minimum atomic E-state index is 0.572. The van der Waals surface area contributed by atoms with Crippen LogP contribution in [0, 0.1) is 5.92 Å². The average molecular weight is 272 g/mol. The van der Waals surface area contributed by atoms with Crippen molar-refractivity contribution in [3.05, 3.63) is 35.9 Å². The summed E-state index contributed by atoms with van der Waals surface area (Å²) in [7, 11) is 0. The Bertz CT molecular complexity index is 399. The van der Waals surface area contributed by atoms with Gasteiger partial charge in [0, 0.05) is 25.2 Å². The Morgan fingerprint density at radius 1 is 1.15 bits per heavy atom. The van der Waals surface area contributed by atoms with E-state index in [0.29, 0.717) is 12.1 Å². The SMILES string of the molecule is CCCC1CN(CCC2CC2)C(c2ccccc2)CN1. The molecule has 3 rings (SSSR count). The smallest absolute Gasteiger partial charge is 0.0473 e. The quantitative estimate of drug-likeness (QED) is 0.851. The molecule has 2 fully saturated rings. The number of piperazine rings is 1. The zero-order valence-electron chi connectivity index (χ0n) is 12.7. The van der Waals surface area contributed by atoms with Crippen LogP contribution in [0.5, 0.6) is 0 Å². The number of hydrogen-bond donors (Lipinski definition) is 1. The van der Waals surface area contributed by atoms with Crippen molar-refractivity contribution in [1.82, 2.24) is 10.2 Å². The minimum absolute atomic E-state index is 0.572. The normalized spacial score (nSPS) is 27.6. The van der Waals surface area contributed by atoms with Crippen LogP contribution in [0.3, 0.4) is 0 Å². The highest BCUT2D eigenvalue weighted by Gasteiger charge is 2.30. The maximum Gasteiger partial charge on any atom is 0.0473 e. The average Bonchev–Trinajstić information content (AvgIpc) is 3.31. The van der Waals surface area contributed by atoms with E-state index in [0.717, 1.165) is 12.5 Å². The van der Waals surface area contributed by atoms with E-state index >= 15 is 0 Å². The van der Waals surface area contributed by atoms with Crippen LogP contribution in [0.25, 0.3) is 0 Å². The second kappa shape index (κ2) is 6.73. The van der Waals surface area contributed by atoms with Gasteiger partial charge in [0.1, 0.15) is 0 Å². The van der Waals surface area contributed by atoms with Gasteiger partial charge < -0.3 is 5.32 Å². The molecule has 1 heterocycles. The predicted octanol–water partition coefficient (Wildman–Crippen LogP) is 3.60. The molecule has 2 unspecified atom stereocenters. The molecule has 2 heteroatoms. The van der Waals surface area contributed by atoms with E-state index in [2.05, 4.69) is 47.5 Å². The van der Waals surface area contributed by atoms with Crippen molar-refractivity contribution in [3.8, 4) is 0 Å². The van der Waals surface area contributed by atoms with Crippen molar-refractivity contribution < 1.29 is 0 Å². The van der Waals surface area contributed by atoms with E-state index in [1.807, 2.05) is 0 Å². The topological polar surface area (TPSA) is 15.3 Å². The van der Waals surface area contributed by atoms with Gasteiger partial charge in [0.15, 0.2) is 0 Å². The molecule has 1 saturated carbocycles. The van der Waals surface area contributed by atoms with Gasteiger partial charge in [0.25, 0.3) is 0 Å². The number of nitrogens with one attached hydrogen (secondary N) is 1. The Morgan fingerprint density at radius 2 is 1.95 bits per heavy atom. The number of nitrogens with zero attached hydrogens (tertiary/aromatic N) is 1. The van der Waals surface area contributed by atoms with E-state index in [9.17, 15) is 0 Å². The van der Waals surface area contributed by atoms with Gasteiger partial charge in [-0.25, -0.2) is 0 Å². The lowest BCUT2D eigenvalue weighted by atomic mass is 9.99. The Labute approximate surface area is 123 Å². The third-order valence-corrected chi connectivity index (χ3v) is 4.84. The Balaban J connectivity index is 1.66. The first-order valence-corrected chi connectivity index (χ1v) is 8.39. The molecule has 0 spiro atoms. The molecule has 2 atom stereocenters. The zero-order chi connectivity index (χ0) is 13.8. The summed E-state index contributed by atoms with van der Waals surface area (Å²) in [6, 6.07) is 12.3. The highest BCUT2D eigenvalue weighted by molar-refractivity contribution is 5.20. The van der Waals surface area contributed by atoms with Gasteiger partial charge in [-0.3, -0.25) is 4.90 Å². The Morgan fingerprint density at radius 3 is 2.65 bits per heavy atom. The maximum atomic E-state index is 3.76. The van der Waals surface area contributed by atoms with Crippen LogP contribution in [-0.4, -0.2) is 30.6 Å². The summed E-state index contributed by atoms with van der Waals surface area (Å²) in [6.07, 6.45) is 6.94. The van der Waals surface area contributed by atoms with E-state index in [4.69, 9.17) is 0 Å². The van der Waals surface area contributed by atoms with Crippen molar-refractivity contribution in [2.45, 2.75) is 51.1 Å². The Hall–Kier alpha value is -0.860. The molecule has 110 valence electrons. The number of benzene rings is 1. The zero-order valence-corrected chi connectivity index (χ0v) is 12.7. The molecular weight excluding hydrogens is 244 g/mol. The molecule has 1 N–H and O–H groups in total. The van der Waals surface area contributed by atoms with Crippen LogP contribution in [0.4, 0.5) is 0 Å². The predicted molar refractivity (Wildman–Crippen MR) is 84.8 cm³/mol. The number of hydrogen-bond acceptors (Lipinski definition) is 2. The molecule has 2 nitrogen and oxygen atoms in total. The highest BCUT2D eigenvalue weighted by Crippen LogP contribution is 2.34. The molecule has 1 saturated heterocycles. The lowest BCUT2D eigenvalue weighted by Crippen LogP contribution is -2.52. The molecule has 0 radical (unpaired) electrons. The van der Waals surface area contributed by atoms with Gasteiger partial charge in [-0.2, -0.15) is 0 Å². The van der Waals surface area contributed by atoms with Gasteiger partial charge in [-0.05, 0) is 30.9 Å². The minimum Gasteiger partial charge on any atom is -0.311 e. The van der Waals surface area contributed by atoms with Crippen molar-refractivity contribution in [1.29, 1.82) is 0 Å². The highest BCUT2D eigenvalue weighted by atomic mass is 15.2. The molecular formula is C18H28N2.